The molecule has 1 aromatic heterocycles. The molecule has 0 saturated carbocycles. The number of benzene rings is 2. The third-order valence-electron chi connectivity index (χ3n) is 5.34. The van der Waals surface area contributed by atoms with Crippen LogP contribution in [0.15, 0.2) is 47.4 Å². The number of aromatic nitrogens is 1. The van der Waals surface area contributed by atoms with Crippen molar-refractivity contribution in [3.63, 3.8) is 0 Å². The zero-order chi connectivity index (χ0) is 22.2. The first-order chi connectivity index (χ1) is 14.7. The Hall–Kier alpha value is -2.75. The number of anilines is 2. The number of rotatable bonds is 4. The molecule has 0 spiro atoms. The van der Waals surface area contributed by atoms with Crippen molar-refractivity contribution in [1.82, 2.24) is 9.29 Å². The fourth-order valence-electron chi connectivity index (χ4n) is 3.37. The van der Waals surface area contributed by atoms with Crippen LogP contribution < -0.4 is 10.6 Å². The molecule has 0 aliphatic carbocycles. The van der Waals surface area contributed by atoms with Crippen molar-refractivity contribution in [3.8, 4) is 0 Å². The fraction of sp³-hybridized carbons (Fsp3) is 0.273. The number of carbonyl (C=O) groups is 1. The molecule has 0 atom stereocenters. The normalized spacial score (nSPS) is 14.2. The summed E-state index contributed by atoms with van der Waals surface area (Å²) in [5.41, 5.74) is 4.80. The Balaban J connectivity index is 1.45. The average molecular weight is 457 g/mol. The number of thiazole rings is 1. The van der Waals surface area contributed by atoms with Crippen LogP contribution in [-0.4, -0.2) is 30.3 Å². The minimum absolute atomic E-state index is 0.254. The van der Waals surface area contributed by atoms with Gasteiger partial charge in [0.25, 0.3) is 0 Å². The van der Waals surface area contributed by atoms with E-state index in [1.54, 1.807) is 24.3 Å². The molecule has 9 heteroatoms. The van der Waals surface area contributed by atoms with Gasteiger partial charge >= 0.3 is 6.03 Å². The topological polar surface area (TPSA) is 91.4 Å². The molecule has 1 aliphatic rings. The SMILES string of the molecule is Cc1ccc(S(=O)(=O)N2CCc3nc(NC(=O)Nc4ccc(C)c(C)c4)sc3C2)cc1. The number of hydrogen-bond acceptors (Lipinski definition) is 5. The lowest BCUT2D eigenvalue weighted by atomic mass is 10.1. The van der Waals surface area contributed by atoms with Crippen LogP contribution >= 0.6 is 11.3 Å². The van der Waals surface area contributed by atoms with Crippen LogP contribution in [-0.2, 0) is 23.0 Å². The van der Waals surface area contributed by atoms with Gasteiger partial charge in [-0.3, -0.25) is 5.32 Å². The number of amides is 2. The highest BCUT2D eigenvalue weighted by Crippen LogP contribution is 2.31. The van der Waals surface area contributed by atoms with E-state index in [1.165, 1.54) is 15.6 Å². The van der Waals surface area contributed by atoms with E-state index in [0.29, 0.717) is 23.8 Å². The summed E-state index contributed by atoms with van der Waals surface area (Å²) >= 11 is 1.31. The van der Waals surface area contributed by atoms with E-state index in [2.05, 4.69) is 15.6 Å². The smallest absolute Gasteiger partial charge is 0.308 e. The second-order valence-corrected chi connectivity index (χ2v) is 10.7. The first kappa shape index (κ1) is 21.5. The van der Waals surface area contributed by atoms with Crippen LogP contribution in [0.25, 0.3) is 0 Å². The summed E-state index contributed by atoms with van der Waals surface area (Å²) in [6.07, 6.45) is 0.511. The van der Waals surface area contributed by atoms with Crippen LogP contribution in [0, 0.1) is 20.8 Å². The highest BCUT2D eigenvalue weighted by atomic mass is 32.2. The largest absolute Gasteiger partial charge is 0.325 e. The van der Waals surface area contributed by atoms with Crippen molar-refractivity contribution >= 4 is 38.2 Å². The van der Waals surface area contributed by atoms with Crippen molar-refractivity contribution in [2.45, 2.75) is 38.6 Å². The molecule has 2 amide bonds. The van der Waals surface area contributed by atoms with E-state index in [9.17, 15) is 13.2 Å². The maximum atomic E-state index is 13.0. The lowest BCUT2D eigenvalue weighted by Gasteiger charge is -2.25. The van der Waals surface area contributed by atoms with Crippen molar-refractivity contribution in [2.75, 3.05) is 17.2 Å². The van der Waals surface area contributed by atoms with Crippen LogP contribution in [0.4, 0.5) is 15.6 Å². The molecule has 2 N–H and O–H groups in total. The molecule has 0 fully saturated rings. The second kappa shape index (κ2) is 8.41. The van der Waals surface area contributed by atoms with Gasteiger partial charge in [-0.25, -0.2) is 18.2 Å². The molecule has 162 valence electrons. The van der Waals surface area contributed by atoms with Crippen molar-refractivity contribution in [1.29, 1.82) is 0 Å². The van der Waals surface area contributed by atoms with E-state index in [1.807, 2.05) is 39.0 Å². The molecule has 0 bridgehead atoms. The van der Waals surface area contributed by atoms with E-state index in [0.717, 1.165) is 27.3 Å². The predicted molar refractivity (Wildman–Crippen MR) is 123 cm³/mol. The number of nitrogens with zero attached hydrogens (tertiary/aromatic N) is 2. The Labute approximate surface area is 186 Å². The Kier molecular flexibility index (Phi) is 5.83. The van der Waals surface area contributed by atoms with Gasteiger partial charge in [0.1, 0.15) is 0 Å². The minimum atomic E-state index is -3.57. The van der Waals surface area contributed by atoms with Gasteiger partial charge < -0.3 is 5.32 Å². The maximum absolute atomic E-state index is 13.0. The van der Waals surface area contributed by atoms with Crippen LogP contribution in [0.5, 0.6) is 0 Å². The van der Waals surface area contributed by atoms with Gasteiger partial charge in [0.2, 0.25) is 10.0 Å². The second-order valence-electron chi connectivity index (χ2n) is 7.67. The maximum Gasteiger partial charge on any atom is 0.325 e. The highest BCUT2D eigenvalue weighted by molar-refractivity contribution is 7.89. The quantitative estimate of drug-likeness (QED) is 0.606. The van der Waals surface area contributed by atoms with Crippen molar-refractivity contribution < 1.29 is 13.2 Å². The van der Waals surface area contributed by atoms with E-state index >= 15 is 0 Å². The average Bonchev–Trinajstić information content (AvgIpc) is 3.12. The van der Waals surface area contributed by atoms with Gasteiger partial charge in [-0.15, -0.1) is 0 Å². The van der Waals surface area contributed by atoms with Gasteiger partial charge in [-0.05, 0) is 56.2 Å². The van der Waals surface area contributed by atoms with Gasteiger partial charge in [-0.2, -0.15) is 4.31 Å². The van der Waals surface area contributed by atoms with E-state index in [-0.39, 0.29) is 17.5 Å². The molecule has 7 nitrogen and oxygen atoms in total. The summed E-state index contributed by atoms with van der Waals surface area (Å²) in [6.45, 7) is 6.54. The standard InChI is InChI=1S/C22H24N4O3S2/c1-14-4-8-18(9-5-14)31(28,29)26-11-10-19-20(13-26)30-22(24-19)25-21(27)23-17-7-6-15(2)16(3)12-17/h4-9,12H,10-11,13H2,1-3H3,(H2,23,24,25,27). The Bertz CT molecular complexity index is 1230. The Morgan fingerprint density at radius 2 is 1.77 bits per heavy atom. The summed E-state index contributed by atoms with van der Waals surface area (Å²) in [7, 11) is -3.57. The number of fused-ring (bicyclic) bond motifs is 1. The number of carbonyl (C=O) groups excluding carboxylic acids is 1. The molecular formula is C22H24N4O3S2. The third kappa shape index (κ3) is 4.63. The lowest BCUT2D eigenvalue weighted by Crippen LogP contribution is -2.35. The summed E-state index contributed by atoms with van der Waals surface area (Å²) in [6, 6.07) is 12.2. The first-order valence-electron chi connectivity index (χ1n) is 9.93. The molecule has 0 radical (unpaired) electrons. The lowest BCUT2D eigenvalue weighted by molar-refractivity contribution is 0.262. The summed E-state index contributed by atoms with van der Waals surface area (Å²) in [5, 5.41) is 6.03. The number of sulfonamides is 1. The van der Waals surface area contributed by atoms with Gasteiger partial charge in [-0.1, -0.05) is 35.1 Å². The summed E-state index contributed by atoms with van der Waals surface area (Å²) in [5.74, 6) is 0. The molecule has 3 aromatic rings. The Morgan fingerprint density at radius 3 is 2.48 bits per heavy atom. The predicted octanol–water partition coefficient (Wildman–Crippen LogP) is 4.46. The molecule has 0 unspecified atom stereocenters. The molecule has 1 aliphatic heterocycles. The number of hydrogen-bond donors (Lipinski definition) is 2. The van der Waals surface area contributed by atoms with Gasteiger partial charge in [0.15, 0.2) is 5.13 Å². The molecule has 31 heavy (non-hydrogen) atoms. The number of nitrogens with one attached hydrogen (secondary N) is 2. The van der Waals surface area contributed by atoms with Gasteiger partial charge in [0, 0.05) is 23.5 Å². The summed E-state index contributed by atoms with van der Waals surface area (Å²) in [4.78, 5) is 18.0. The molecule has 2 aromatic carbocycles. The minimum Gasteiger partial charge on any atom is -0.308 e. The monoisotopic (exact) mass is 456 g/mol. The van der Waals surface area contributed by atoms with Crippen molar-refractivity contribution in [3.05, 3.63) is 69.7 Å². The van der Waals surface area contributed by atoms with Crippen LogP contribution in [0.3, 0.4) is 0 Å². The van der Waals surface area contributed by atoms with Crippen LogP contribution in [0.1, 0.15) is 27.3 Å². The van der Waals surface area contributed by atoms with E-state index in [4.69, 9.17) is 0 Å². The Morgan fingerprint density at radius 1 is 1.03 bits per heavy atom. The van der Waals surface area contributed by atoms with E-state index < -0.39 is 10.0 Å². The van der Waals surface area contributed by atoms with Crippen molar-refractivity contribution in [2.24, 2.45) is 0 Å². The summed E-state index contributed by atoms with van der Waals surface area (Å²) < 4.78 is 27.4. The third-order valence-corrected chi connectivity index (χ3v) is 8.20. The zero-order valence-electron chi connectivity index (χ0n) is 17.6. The number of urea groups is 1. The first-order valence-corrected chi connectivity index (χ1v) is 12.2. The zero-order valence-corrected chi connectivity index (χ0v) is 19.2. The van der Waals surface area contributed by atoms with Gasteiger partial charge in [0.05, 0.1) is 17.1 Å². The molecular weight excluding hydrogens is 432 g/mol. The fourth-order valence-corrected chi connectivity index (χ4v) is 5.88. The molecule has 4 rings (SSSR count). The van der Waals surface area contributed by atoms with Crippen LogP contribution in [0.2, 0.25) is 0 Å². The molecule has 0 saturated heterocycles. The highest BCUT2D eigenvalue weighted by Gasteiger charge is 2.30. The number of aryl methyl sites for hydroxylation is 3. The molecule has 2 heterocycles.